The quantitative estimate of drug-likeness (QED) is 0.758. The van der Waals surface area contributed by atoms with Crippen LogP contribution in [0, 0.1) is 0 Å². The van der Waals surface area contributed by atoms with Crippen LogP contribution < -0.4 is 5.32 Å². The lowest BCUT2D eigenvalue weighted by molar-refractivity contribution is 0.301. The molecule has 0 saturated carbocycles. The maximum Gasteiger partial charge on any atom is 0.122 e. The van der Waals surface area contributed by atoms with Crippen LogP contribution in [0.1, 0.15) is 19.7 Å². The van der Waals surface area contributed by atoms with Crippen LogP contribution in [0.25, 0.3) is 0 Å². The standard InChI is InChI=1S/C11H22N4/c1-5-15-7-6-13-11(15)9-12-8-10(2)14(3)4/h6-7,10,12H,5,8-9H2,1-4H3. The molecular formula is C11H22N4. The molecule has 1 unspecified atom stereocenters. The predicted octanol–water partition coefficient (Wildman–Crippen LogP) is 0.943. The van der Waals surface area contributed by atoms with E-state index in [1.807, 2.05) is 12.4 Å². The van der Waals surface area contributed by atoms with Gasteiger partial charge in [-0.2, -0.15) is 0 Å². The first-order chi connectivity index (χ1) is 7.15. The van der Waals surface area contributed by atoms with Crippen LogP contribution in [0.4, 0.5) is 0 Å². The molecule has 1 rings (SSSR count). The van der Waals surface area contributed by atoms with Gasteiger partial charge in [0.1, 0.15) is 5.82 Å². The molecule has 1 atom stereocenters. The molecule has 15 heavy (non-hydrogen) atoms. The van der Waals surface area contributed by atoms with Gasteiger partial charge in [-0.1, -0.05) is 0 Å². The minimum Gasteiger partial charge on any atom is -0.334 e. The number of hydrogen-bond acceptors (Lipinski definition) is 3. The van der Waals surface area contributed by atoms with E-state index in [2.05, 4.69) is 47.7 Å². The fourth-order valence-electron chi connectivity index (χ4n) is 1.37. The molecule has 4 heteroatoms. The van der Waals surface area contributed by atoms with Gasteiger partial charge < -0.3 is 14.8 Å². The zero-order chi connectivity index (χ0) is 11.3. The lowest BCUT2D eigenvalue weighted by Gasteiger charge is -2.20. The van der Waals surface area contributed by atoms with Gasteiger partial charge in [0.05, 0.1) is 6.54 Å². The summed E-state index contributed by atoms with van der Waals surface area (Å²) in [5.74, 6) is 1.11. The number of aromatic nitrogens is 2. The van der Waals surface area contributed by atoms with Gasteiger partial charge in [0.2, 0.25) is 0 Å². The van der Waals surface area contributed by atoms with Crippen LogP contribution in [0.3, 0.4) is 0 Å². The van der Waals surface area contributed by atoms with Crippen LogP contribution in [-0.2, 0) is 13.1 Å². The molecular weight excluding hydrogens is 188 g/mol. The topological polar surface area (TPSA) is 33.1 Å². The lowest BCUT2D eigenvalue weighted by Crippen LogP contribution is -2.35. The number of likely N-dealkylation sites (N-methyl/N-ethyl adjacent to an activating group) is 1. The molecule has 1 heterocycles. The van der Waals surface area contributed by atoms with Gasteiger partial charge in [0.15, 0.2) is 0 Å². The molecule has 0 bridgehead atoms. The van der Waals surface area contributed by atoms with Gasteiger partial charge in [-0.25, -0.2) is 4.98 Å². The van der Waals surface area contributed by atoms with Crippen LogP contribution in [0.5, 0.6) is 0 Å². The highest BCUT2D eigenvalue weighted by Gasteiger charge is 2.05. The summed E-state index contributed by atoms with van der Waals surface area (Å²) in [6.07, 6.45) is 3.88. The Morgan fingerprint density at radius 1 is 1.53 bits per heavy atom. The van der Waals surface area contributed by atoms with Crippen molar-refractivity contribution < 1.29 is 0 Å². The van der Waals surface area contributed by atoms with Gasteiger partial charge in [-0.05, 0) is 27.9 Å². The Balaban J connectivity index is 2.31. The maximum atomic E-state index is 4.32. The highest BCUT2D eigenvalue weighted by molar-refractivity contribution is 4.91. The van der Waals surface area contributed by atoms with Gasteiger partial charge in [-0.3, -0.25) is 0 Å². The van der Waals surface area contributed by atoms with Crippen LogP contribution >= 0.6 is 0 Å². The summed E-state index contributed by atoms with van der Waals surface area (Å²) < 4.78 is 2.16. The molecule has 0 spiro atoms. The normalized spacial score (nSPS) is 13.4. The zero-order valence-corrected chi connectivity index (χ0v) is 10.2. The van der Waals surface area contributed by atoms with E-state index in [0.717, 1.165) is 25.5 Å². The molecule has 86 valence electrons. The number of aryl methyl sites for hydroxylation is 1. The number of hydrogen-bond donors (Lipinski definition) is 1. The van der Waals surface area contributed by atoms with Gasteiger partial charge in [-0.15, -0.1) is 0 Å². The van der Waals surface area contributed by atoms with E-state index in [9.17, 15) is 0 Å². The second-order valence-corrected chi connectivity index (χ2v) is 4.07. The number of nitrogens with zero attached hydrogens (tertiary/aromatic N) is 3. The summed E-state index contributed by atoms with van der Waals surface area (Å²) in [5.41, 5.74) is 0. The SMILES string of the molecule is CCn1ccnc1CNCC(C)N(C)C. The summed E-state index contributed by atoms with van der Waals surface area (Å²) >= 11 is 0. The van der Waals surface area contributed by atoms with E-state index in [1.165, 1.54) is 0 Å². The number of nitrogens with one attached hydrogen (secondary N) is 1. The molecule has 1 aromatic heterocycles. The molecule has 0 amide bonds. The summed E-state index contributed by atoms with van der Waals surface area (Å²) in [5, 5.41) is 3.42. The highest BCUT2D eigenvalue weighted by Crippen LogP contribution is 1.97. The van der Waals surface area contributed by atoms with Crippen molar-refractivity contribution in [3.8, 4) is 0 Å². The van der Waals surface area contributed by atoms with E-state index >= 15 is 0 Å². The molecule has 0 aliphatic carbocycles. The van der Waals surface area contributed by atoms with Crippen LogP contribution in [0.2, 0.25) is 0 Å². The molecule has 4 nitrogen and oxygen atoms in total. The third-order valence-electron chi connectivity index (χ3n) is 2.75. The monoisotopic (exact) mass is 210 g/mol. The van der Waals surface area contributed by atoms with Crippen molar-refractivity contribution in [1.82, 2.24) is 19.8 Å². The van der Waals surface area contributed by atoms with Crippen molar-refractivity contribution in [1.29, 1.82) is 0 Å². The van der Waals surface area contributed by atoms with Crippen molar-refractivity contribution in [2.45, 2.75) is 33.0 Å². The van der Waals surface area contributed by atoms with E-state index in [4.69, 9.17) is 0 Å². The molecule has 1 aromatic rings. The molecule has 1 N–H and O–H groups in total. The first-order valence-corrected chi connectivity index (χ1v) is 5.52. The molecule has 0 aromatic carbocycles. The average Bonchev–Trinajstić information content (AvgIpc) is 2.65. The lowest BCUT2D eigenvalue weighted by atomic mass is 10.3. The Bertz CT molecular complexity index is 280. The fourth-order valence-corrected chi connectivity index (χ4v) is 1.37. The van der Waals surface area contributed by atoms with Gasteiger partial charge >= 0.3 is 0 Å². The number of imidazole rings is 1. The highest BCUT2D eigenvalue weighted by atomic mass is 15.1. The van der Waals surface area contributed by atoms with Crippen molar-refractivity contribution in [2.75, 3.05) is 20.6 Å². The summed E-state index contributed by atoms with van der Waals surface area (Å²) in [6, 6.07) is 0.551. The second kappa shape index (κ2) is 5.88. The maximum absolute atomic E-state index is 4.32. The molecule has 0 fully saturated rings. The van der Waals surface area contributed by atoms with E-state index in [1.54, 1.807) is 0 Å². The molecule has 0 saturated heterocycles. The van der Waals surface area contributed by atoms with E-state index < -0.39 is 0 Å². The second-order valence-electron chi connectivity index (χ2n) is 4.07. The Kier molecular flexibility index (Phi) is 4.78. The Labute approximate surface area is 92.3 Å². The predicted molar refractivity (Wildman–Crippen MR) is 62.8 cm³/mol. The van der Waals surface area contributed by atoms with E-state index in [-0.39, 0.29) is 0 Å². The van der Waals surface area contributed by atoms with Crippen molar-refractivity contribution in [2.24, 2.45) is 0 Å². The summed E-state index contributed by atoms with van der Waals surface area (Å²) in [7, 11) is 4.19. The van der Waals surface area contributed by atoms with Crippen molar-refractivity contribution >= 4 is 0 Å². The number of rotatable bonds is 6. The molecule has 0 radical (unpaired) electrons. The fraction of sp³-hybridized carbons (Fsp3) is 0.727. The molecule has 0 aliphatic heterocycles. The van der Waals surface area contributed by atoms with E-state index in [0.29, 0.717) is 6.04 Å². The van der Waals surface area contributed by atoms with Crippen molar-refractivity contribution in [3.63, 3.8) is 0 Å². The first-order valence-electron chi connectivity index (χ1n) is 5.52. The Morgan fingerprint density at radius 2 is 2.27 bits per heavy atom. The Morgan fingerprint density at radius 3 is 2.87 bits per heavy atom. The smallest absolute Gasteiger partial charge is 0.122 e. The third kappa shape index (κ3) is 3.64. The average molecular weight is 210 g/mol. The van der Waals surface area contributed by atoms with Gasteiger partial charge in [0.25, 0.3) is 0 Å². The largest absolute Gasteiger partial charge is 0.334 e. The van der Waals surface area contributed by atoms with Crippen LogP contribution in [-0.4, -0.2) is 41.1 Å². The minimum absolute atomic E-state index is 0.551. The van der Waals surface area contributed by atoms with Gasteiger partial charge in [0, 0.05) is 31.5 Å². The Hall–Kier alpha value is -0.870. The summed E-state index contributed by atoms with van der Waals surface area (Å²) in [6.45, 7) is 7.16. The minimum atomic E-state index is 0.551. The van der Waals surface area contributed by atoms with Crippen LogP contribution in [0.15, 0.2) is 12.4 Å². The molecule has 0 aliphatic rings. The van der Waals surface area contributed by atoms with Crippen molar-refractivity contribution in [3.05, 3.63) is 18.2 Å². The first kappa shape index (κ1) is 12.2. The third-order valence-corrected chi connectivity index (χ3v) is 2.75. The summed E-state index contributed by atoms with van der Waals surface area (Å²) in [4.78, 5) is 6.52. The zero-order valence-electron chi connectivity index (χ0n) is 10.2.